The molecule has 3 rings (SSSR count). The molecule has 0 aliphatic carbocycles. The summed E-state index contributed by atoms with van der Waals surface area (Å²) in [6.45, 7) is 9.25. The molecular formula is C23H32ClN3O3S. The summed E-state index contributed by atoms with van der Waals surface area (Å²) in [5.41, 5.74) is 0.447. The van der Waals surface area contributed by atoms with Crippen LogP contribution in [0.4, 0.5) is 0 Å². The Labute approximate surface area is 193 Å². The number of rotatable bonds is 8. The lowest BCUT2D eigenvalue weighted by atomic mass is 9.98. The van der Waals surface area contributed by atoms with Crippen LogP contribution in [-0.2, 0) is 16.1 Å². The van der Waals surface area contributed by atoms with Crippen LogP contribution in [0.1, 0.15) is 53.4 Å². The largest absolute Gasteiger partial charge is 0.379 e. The van der Waals surface area contributed by atoms with Gasteiger partial charge >= 0.3 is 0 Å². The molecule has 0 spiro atoms. The van der Waals surface area contributed by atoms with Crippen LogP contribution >= 0.6 is 23.4 Å². The minimum atomic E-state index is -0.110. The van der Waals surface area contributed by atoms with E-state index in [0.29, 0.717) is 40.7 Å². The molecule has 0 bridgehead atoms. The fourth-order valence-corrected chi connectivity index (χ4v) is 5.20. The Morgan fingerprint density at radius 3 is 2.68 bits per heavy atom. The van der Waals surface area contributed by atoms with Crippen LogP contribution in [0.3, 0.4) is 0 Å². The van der Waals surface area contributed by atoms with E-state index < -0.39 is 0 Å². The lowest BCUT2D eigenvalue weighted by molar-refractivity contribution is -0.134. The van der Waals surface area contributed by atoms with Crippen LogP contribution in [-0.4, -0.2) is 50.9 Å². The molecule has 0 saturated carbocycles. The maximum absolute atomic E-state index is 13.2. The van der Waals surface area contributed by atoms with E-state index in [9.17, 15) is 9.59 Å². The molecule has 170 valence electrons. The van der Waals surface area contributed by atoms with Crippen molar-refractivity contribution >= 4 is 40.2 Å². The van der Waals surface area contributed by atoms with E-state index in [0.717, 1.165) is 19.3 Å². The number of carbonyl (C=O) groups is 1. The molecule has 1 fully saturated rings. The van der Waals surface area contributed by atoms with Crippen LogP contribution < -0.4 is 5.56 Å². The van der Waals surface area contributed by atoms with E-state index >= 15 is 0 Å². The predicted molar refractivity (Wildman–Crippen MR) is 127 cm³/mol. The van der Waals surface area contributed by atoms with Gasteiger partial charge in [-0.3, -0.25) is 14.2 Å². The number of amides is 1. The second kappa shape index (κ2) is 10.8. The van der Waals surface area contributed by atoms with E-state index in [2.05, 4.69) is 13.8 Å². The fourth-order valence-electron chi connectivity index (χ4n) is 4.14. The summed E-state index contributed by atoms with van der Waals surface area (Å²) in [5.74, 6) is 0.357. The molecule has 2 unspecified atom stereocenters. The number of ether oxygens (including phenoxy) is 1. The molecule has 6 nitrogen and oxygen atoms in total. The summed E-state index contributed by atoms with van der Waals surface area (Å²) in [5, 5.41) is 1.61. The van der Waals surface area contributed by atoms with Gasteiger partial charge in [0.25, 0.3) is 5.56 Å². The maximum atomic E-state index is 13.2. The first-order valence-corrected chi connectivity index (χ1v) is 12.4. The molecule has 1 aliphatic heterocycles. The van der Waals surface area contributed by atoms with Crippen LogP contribution in [0.5, 0.6) is 0 Å². The zero-order valence-corrected chi connectivity index (χ0v) is 20.3. The molecule has 1 saturated heterocycles. The highest BCUT2D eigenvalue weighted by Crippen LogP contribution is 2.26. The van der Waals surface area contributed by atoms with Crippen molar-refractivity contribution < 1.29 is 9.53 Å². The quantitative estimate of drug-likeness (QED) is 0.320. The molecule has 1 amide bonds. The number of halogens is 1. The Bertz CT molecular complexity index is 968. The molecule has 8 heteroatoms. The summed E-state index contributed by atoms with van der Waals surface area (Å²) in [7, 11) is 0. The average molecular weight is 466 g/mol. The average Bonchev–Trinajstić information content (AvgIpc) is 2.70. The summed E-state index contributed by atoms with van der Waals surface area (Å²) in [4.78, 5) is 32.8. The standard InChI is InChI=1S/C23H32ClN3O3S/c1-15(2)30-12-6-11-26-22(29)19-10-9-18(24)13-20(19)25-23(26)31-14-21(28)27-16(3)7-5-8-17(27)4/h9-10,13,15-17H,5-8,11-12,14H2,1-4H3. The van der Waals surface area contributed by atoms with Crippen LogP contribution in [0.25, 0.3) is 10.9 Å². The number of thioether (sulfide) groups is 1. The third kappa shape index (κ3) is 6.02. The summed E-state index contributed by atoms with van der Waals surface area (Å²) in [6.07, 6.45) is 4.07. The monoisotopic (exact) mass is 465 g/mol. The molecule has 1 aromatic heterocycles. The second-order valence-electron chi connectivity index (χ2n) is 8.50. The highest BCUT2D eigenvalue weighted by atomic mass is 35.5. The fraction of sp³-hybridized carbons (Fsp3) is 0.609. The number of carbonyl (C=O) groups excluding carboxylic acids is 1. The van der Waals surface area contributed by atoms with Gasteiger partial charge in [0.2, 0.25) is 5.91 Å². The van der Waals surface area contributed by atoms with Crippen molar-refractivity contribution in [3.63, 3.8) is 0 Å². The Morgan fingerprint density at radius 1 is 1.29 bits per heavy atom. The van der Waals surface area contributed by atoms with Gasteiger partial charge < -0.3 is 9.64 Å². The van der Waals surface area contributed by atoms with Crippen LogP contribution in [0.2, 0.25) is 5.02 Å². The highest BCUT2D eigenvalue weighted by molar-refractivity contribution is 7.99. The zero-order valence-electron chi connectivity index (χ0n) is 18.8. The van der Waals surface area contributed by atoms with Crippen molar-refractivity contribution in [3.05, 3.63) is 33.6 Å². The molecule has 1 aromatic carbocycles. The first kappa shape index (κ1) is 24.1. The number of aromatic nitrogens is 2. The lowest BCUT2D eigenvalue weighted by Gasteiger charge is -2.39. The van der Waals surface area contributed by atoms with E-state index in [1.54, 1.807) is 22.8 Å². The second-order valence-corrected chi connectivity index (χ2v) is 9.88. The first-order valence-electron chi connectivity index (χ1n) is 11.0. The van der Waals surface area contributed by atoms with E-state index in [4.69, 9.17) is 21.3 Å². The number of benzene rings is 1. The Kier molecular flexibility index (Phi) is 8.42. The normalized spacial score (nSPS) is 19.4. The SMILES string of the molecule is CC(C)OCCCn1c(SCC(=O)N2C(C)CCCC2C)nc2cc(Cl)ccc2c1=O. The number of hydrogen-bond acceptors (Lipinski definition) is 5. The van der Waals surface area contributed by atoms with E-state index in [1.165, 1.54) is 11.8 Å². The third-order valence-electron chi connectivity index (χ3n) is 5.67. The highest BCUT2D eigenvalue weighted by Gasteiger charge is 2.29. The molecule has 31 heavy (non-hydrogen) atoms. The van der Waals surface area contributed by atoms with Crippen LogP contribution in [0, 0.1) is 0 Å². The number of likely N-dealkylation sites (tertiary alicyclic amines) is 1. The van der Waals surface area contributed by atoms with Crippen molar-refractivity contribution in [2.75, 3.05) is 12.4 Å². The maximum Gasteiger partial charge on any atom is 0.262 e. The molecule has 0 radical (unpaired) electrons. The van der Waals surface area contributed by atoms with Gasteiger partial charge in [-0.1, -0.05) is 23.4 Å². The minimum Gasteiger partial charge on any atom is -0.379 e. The van der Waals surface area contributed by atoms with Gasteiger partial charge in [0.05, 0.1) is 22.8 Å². The van der Waals surface area contributed by atoms with Gasteiger partial charge in [0.15, 0.2) is 5.16 Å². The van der Waals surface area contributed by atoms with Crippen molar-refractivity contribution in [3.8, 4) is 0 Å². The van der Waals surface area contributed by atoms with Crippen molar-refractivity contribution in [1.29, 1.82) is 0 Å². The predicted octanol–water partition coefficient (Wildman–Crippen LogP) is 4.75. The summed E-state index contributed by atoms with van der Waals surface area (Å²) >= 11 is 7.45. The Hall–Kier alpha value is -1.57. The number of nitrogens with zero attached hydrogens (tertiary/aromatic N) is 3. The lowest BCUT2D eigenvalue weighted by Crippen LogP contribution is -2.48. The zero-order chi connectivity index (χ0) is 22.5. The molecule has 2 atom stereocenters. The molecule has 0 N–H and O–H groups in total. The third-order valence-corrected chi connectivity index (χ3v) is 6.86. The topological polar surface area (TPSA) is 64.4 Å². The number of fused-ring (bicyclic) bond motifs is 1. The number of piperidine rings is 1. The Morgan fingerprint density at radius 2 is 2.00 bits per heavy atom. The van der Waals surface area contributed by atoms with Gasteiger partial charge in [-0.2, -0.15) is 0 Å². The van der Waals surface area contributed by atoms with Crippen molar-refractivity contribution in [2.24, 2.45) is 0 Å². The van der Waals surface area contributed by atoms with Gasteiger partial charge in [-0.05, 0) is 71.6 Å². The smallest absolute Gasteiger partial charge is 0.262 e. The summed E-state index contributed by atoms with van der Waals surface area (Å²) < 4.78 is 7.29. The van der Waals surface area contributed by atoms with Crippen molar-refractivity contribution in [2.45, 2.75) is 83.3 Å². The van der Waals surface area contributed by atoms with Crippen molar-refractivity contribution in [1.82, 2.24) is 14.5 Å². The molecule has 1 aliphatic rings. The van der Waals surface area contributed by atoms with Crippen LogP contribution in [0.15, 0.2) is 28.2 Å². The van der Waals surface area contributed by atoms with Gasteiger partial charge in [0, 0.05) is 30.3 Å². The van der Waals surface area contributed by atoms with Gasteiger partial charge in [0.1, 0.15) is 0 Å². The Balaban J connectivity index is 1.83. The van der Waals surface area contributed by atoms with Gasteiger partial charge in [-0.25, -0.2) is 4.98 Å². The molecule has 2 heterocycles. The number of hydrogen-bond donors (Lipinski definition) is 0. The molecular weight excluding hydrogens is 434 g/mol. The van der Waals surface area contributed by atoms with E-state index in [-0.39, 0.29) is 35.4 Å². The van der Waals surface area contributed by atoms with E-state index in [1.807, 2.05) is 18.7 Å². The molecule has 2 aromatic rings. The first-order chi connectivity index (χ1) is 14.8. The summed E-state index contributed by atoms with van der Waals surface area (Å²) in [6, 6.07) is 5.61. The minimum absolute atomic E-state index is 0.0971. The van der Waals surface area contributed by atoms with Gasteiger partial charge in [-0.15, -0.1) is 0 Å².